The number of likely N-dealkylation sites (N-methyl/N-ethyl adjacent to an activating group) is 1. The van der Waals surface area contributed by atoms with Gasteiger partial charge in [-0.1, -0.05) is 12.8 Å². The summed E-state index contributed by atoms with van der Waals surface area (Å²) in [5, 5.41) is 3.00. The molecule has 1 N–H and O–H groups in total. The molecule has 1 atom stereocenters. The number of rotatable bonds is 5. The van der Waals surface area contributed by atoms with Gasteiger partial charge in [0.1, 0.15) is 6.10 Å². The molecule has 4 nitrogen and oxygen atoms in total. The average molecular weight is 228 g/mol. The van der Waals surface area contributed by atoms with Crippen molar-refractivity contribution in [2.45, 2.75) is 38.7 Å². The van der Waals surface area contributed by atoms with E-state index in [9.17, 15) is 4.79 Å². The van der Waals surface area contributed by atoms with Crippen LogP contribution in [0.25, 0.3) is 0 Å². The molecule has 0 radical (unpaired) electrons. The van der Waals surface area contributed by atoms with Gasteiger partial charge in [0.25, 0.3) is 5.91 Å². The third kappa shape index (κ3) is 4.49. The van der Waals surface area contributed by atoms with Crippen molar-refractivity contribution in [1.29, 1.82) is 0 Å². The molecule has 1 aliphatic rings. The summed E-state index contributed by atoms with van der Waals surface area (Å²) in [7, 11) is 1.88. The second kappa shape index (κ2) is 7.63. The molecule has 0 bridgehead atoms. The van der Waals surface area contributed by atoms with Crippen molar-refractivity contribution >= 4 is 5.91 Å². The van der Waals surface area contributed by atoms with Gasteiger partial charge in [0.05, 0.1) is 6.61 Å². The van der Waals surface area contributed by atoms with Crippen molar-refractivity contribution < 1.29 is 9.53 Å². The molecule has 1 aliphatic heterocycles. The number of hydrogen-bond acceptors (Lipinski definition) is 3. The van der Waals surface area contributed by atoms with Gasteiger partial charge in [0, 0.05) is 19.6 Å². The van der Waals surface area contributed by atoms with Crippen LogP contribution in [-0.2, 0) is 9.53 Å². The molecule has 1 amide bonds. The van der Waals surface area contributed by atoms with Gasteiger partial charge >= 0.3 is 0 Å². The molecule has 1 heterocycles. The van der Waals surface area contributed by atoms with Crippen LogP contribution in [0.15, 0.2) is 0 Å². The lowest BCUT2D eigenvalue weighted by atomic mass is 10.2. The molecule has 0 saturated carbocycles. The Morgan fingerprint density at radius 3 is 2.50 bits per heavy atom. The van der Waals surface area contributed by atoms with E-state index < -0.39 is 0 Å². The van der Waals surface area contributed by atoms with Gasteiger partial charge < -0.3 is 15.0 Å². The number of amides is 1. The first-order valence-electron chi connectivity index (χ1n) is 6.30. The second-order valence-electron chi connectivity index (χ2n) is 4.36. The molecular weight excluding hydrogens is 204 g/mol. The van der Waals surface area contributed by atoms with Crippen LogP contribution in [0.1, 0.15) is 32.6 Å². The zero-order valence-corrected chi connectivity index (χ0v) is 10.5. The van der Waals surface area contributed by atoms with Crippen molar-refractivity contribution in [2.75, 3.05) is 33.3 Å². The number of likely N-dealkylation sites (tertiary alicyclic amines) is 1. The fourth-order valence-electron chi connectivity index (χ4n) is 1.96. The molecule has 16 heavy (non-hydrogen) atoms. The molecular formula is C12H24N2O2. The number of ether oxygens (including phenoxy) is 1. The Labute approximate surface area is 98.3 Å². The molecule has 4 heteroatoms. The smallest absolute Gasteiger partial charge is 0.251 e. The van der Waals surface area contributed by atoms with Gasteiger partial charge in [-0.05, 0) is 26.8 Å². The van der Waals surface area contributed by atoms with Crippen molar-refractivity contribution in [3.8, 4) is 0 Å². The van der Waals surface area contributed by atoms with E-state index in [0.29, 0.717) is 6.61 Å². The Bertz CT molecular complexity index is 201. The fourth-order valence-corrected chi connectivity index (χ4v) is 1.96. The topological polar surface area (TPSA) is 41.6 Å². The van der Waals surface area contributed by atoms with Crippen molar-refractivity contribution in [3.63, 3.8) is 0 Å². The van der Waals surface area contributed by atoms with E-state index in [4.69, 9.17) is 4.74 Å². The minimum absolute atomic E-state index is 0.151. The zero-order chi connectivity index (χ0) is 11.8. The van der Waals surface area contributed by atoms with Gasteiger partial charge in [-0.15, -0.1) is 0 Å². The monoisotopic (exact) mass is 228 g/mol. The van der Waals surface area contributed by atoms with E-state index in [1.165, 1.54) is 12.8 Å². The molecule has 0 spiro atoms. The summed E-state index contributed by atoms with van der Waals surface area (Å²) in [6.45, 7) is 5.04. The Balaban J connectivity index is 2.30. The van der Waals surface area contributed by atoms with Gasteiger partial charge in [-0.2, -0.15) is 0 Å². The third-order valence-electron chi connectivity index (χ3n) is 2.99. The molecule has 0 aromatic carbocycles. The molecule has 1 unspecified atom stereocenters. The quantitative estimate of drug-likeness (QED) is 0.714. The first kappa shape index (κ1) is 13.5. The normalized spacial score (nSPS) is 19.2. The van der Waals surface area contributed by atoms with Crippen LogP contribution >= 0.6 is 0 Å². The summed E-state index contributed by atoms with van der Waals surface area (Å²) in [5.74, 6) is 0.151. The number of nitrogens with one attached hydrogen (secondary N) is 1. The van der Waals surface area contributed by atoms with Crippen molar-refractivity contribution in [1.82, 2.24) is 10.2 Å². The molecule has 0 aliphatic carbocycles. The zero-order valence-electron chi connectivity index (χ0n) is 10.5. The highest BCUT2D eigenvalue weighted by molar-refractivity contribution is 5.80. The van der Waals surface area contributed by atoms with Crippen LogP contribution in [0.3, 0.4) is 0 Å². The van der Waals surface area contributed by atoms with Gasteiger partial charge in [0.2, 0.25) is 0 Å². The summed E-state index contributed by atoms with van der Waals surface area (Å²) in [6, 6.07) is 0. The van der Waals surface area contributed by atoms with Crippen molar-refractivity contribution in [3.05, 3.63) is 0 Å². The van der Waals surface area contributed by atoms with Crippen LogP contribution in [0, 0.1) is 0 Å². The van der Waals surface area contributed by atoms with Gasteiger partial charge in [0.15, 0.2) is 0 Å². The molecule has 1 saturated heterocycles. The summed E-state index contributed by atoms with van der Waals surface area (Å²) in [5.41, 5.74) is 0. The lowest BCUT2D eigenvalue weighted by molar-refractivity contribution is -0.142. The number of carbonyl (C=O) groups excluding carboxylic acids is 1. The Kier molecular flexibility index (Phi) is 6.42. The molecule has 1 rings (SSSR count). The van der Waals surface area contributed by atoms with Crippen LogP contribution in [0.2, 0.25) is 0 Å². The summed E-state index contributed by atoms with van der Waals surface area (Å²) < 4.78 is 5.48. The maximum absolute atomic E-state index is 12.0. The highest BCUT2D eigenvalue weighted by atomic mass is 16.5. The van der Waals surface area contributed by atoms with E-state index in [1.54, 1.807) is 0 Å². The minimum atomic E-state index is -0.300. The fraction of sp³-hybridized carbons (Fsp3) is 0.917. The SMILES string of the molecule is CNCCOC(C)C(=O)N1CCCCCC1. The van der Waals surface area contributed by atoms with Crippen LogP contribution in [0.4, 0.5) is 0 Å². The summed E-state index contributed by atoms with van der Waals surface area (Å²) >= 11 is 0. The van der Waals surface area contributed by atoms with Gasteiger partial charge in [-0.3, -0.25) is 4.79 Å². The Morgan fingerprint density at radius 1 is 1.31 bits per heavy atom. The maximum atomic E-state index is 12.0. The first-order valence-corrected chi connectivity index (χ1v) is 6.30. The second-order valence-corrected chi connectivity index (χ2v) is 4.36. The molecule has 0 aromatic rings. The minimum Gasteiger partial charge on any atom is -0.367 e. The summed E-state index contributed by atoms with van der Waals surface area (Å²) in [6.07, 6.45) is 4.47. The highest BCUT2D eigenvalue weighted by Crippen LogP contribution is 2.11. The highest BCUT2D eigenvalue weighted by Gasteiger charge is 2.21. The van der Waals surface area contributed by atoms with Crippen LogP contribution < -0.4 is 5.32 Å². The maximum Gasteiger partial charge on any atom is 0.251 e. The third-order valence-corrected chi connectivity index (χ3v) is 2.99. The molecule has 94 valence electrons. The number of hydrogen-bond donors (Lipinski definition) is 1. The van der Waals surface area contributed by atoms with E-state index in [-0.39, 0.29) is 12.0 Å². The Hall–Kier alpha value is -0.610. The van der Waals surface area contributed by atoms with E-state index in [0.717, 1.165) is 32.5 Å². The van der Waals surface area contributed by atoms with Gasteiger partial charge in [-0.25, -0.2) is 0 Å². The molecule has 0 aromatic heterocycles. The Morgan fingerprint density at radius 2 is 1.94 bits per heavy atom. The van der Waals surface area contributed by atoms with Crippen molar-refractivity contribution in [2.24, 2.45) is 0 Å². The standard InChI is InChI=1S/C12H24N2O2/c1-11(16-10-7-13-2)12(15)14-8-5-3-4-6-9-14/h11,13H,3-10H2,1-2H3. The summed E-state index contributed by atoms with van der Waals surface area (Å²) in [4.78, 5) is 14.0. The van der Waals surface area contributed by atoms with E-state index in [1.807, 2.05) is 18.9 Å². The number of carbonyl (C=O) groups is 1. The lowest BCUT2D eigenvalue weighted by Crippen LogP contribution is -2.40. The largest absolute Gasteiger partial charge is 0.367 e. The van der Waals surface area contributed by atoms with Crippen LogP contribution in [0.5, 0.6) is 0 Å². The first-order chi connectivity index (χ1) is 7.75. The number of nitrogens with zero attached hydrogens (tertiary/aromatic N) is 1. The lowest BCUT2D eigenvalue weighted by Gasteiger charge is -2.24. The molecule has 1 fully saturated rings. The predicted octanol–water partition coefficient (Wildman–Crippen LogP) is 1.01. The van der Waals surface area contributed by atoms with Crippen LogP contribution in [-0.4, -0.2) is 50.2 Å². The average Bonchev–Trinajstić information content (AvgIpc) is 2.56. The van der Waals surface area contributed by atoms with E-state index in [2.05, 4.69) is 5.32 Å². The van der Waals surface area contributed by atoms with E-state index >= 15 is 0 Å². The predicted molar refractivity (Wildman–Crippen MR) is 64.4 cm³/mol.